The Kier molecular flexibility index (Phi) is 4.74. The Morgan fingerprint density at radius 3 is 2.57 bits per heavy atom. The molecule has 1 aromatic carbocycles. The molecule has 4 aliphatic rings. The van der Waals surface area contributed by atoms with E-state index in [1.54, 1.807) is 16.7 Å². The van der Waals surface area contributed by atoms with Gasteiger partial charge in [-0.25, -0.2) is 0 Å². The van der Waals surface area contributed by atoms with Crippen LogP contribution in [0, 0.1) is 25.7 Å². The number of hydrogen-bond donors (Lipinski definition) is 2. The molecule has 5 rings (SSSR count). The Hall–Kier alpha value is -1.86. The molecule has 1 saturated carbocycles. The first-order valence-corrected chi connectivity index (χ1v) is 12.4. The quantitative estimate of drug-likeness (QED) is 0.723. The van der Waals surface area contributed by atoms with Crippen LogP contribution in [-0.4, -0.2) is 46.7 Å². The Labute approximate surface area is 181 Å². The van der Waals surface area contributed by atoms with E-state index in [2.05, 4.69) is 10.6 Å². The van der Waals surface area contributed by atoms with Gasteiger partial charge in [0.25, 0.3) is 0 Å². The van der Waals surface area contributed by atoms with E-state index < -0.39 is 17.4 Å². The average molecular weight is 428 g/mol. The minimum Gasteiger partial charge on any atom is -0.324 e. The number of thioether (sulfide) groups is 1. The average Bonchev–Trinajstić information content (AvgIpc) is 3.44. The molecule has 7 heteroatoms. The molecule has 1 aromatic rings. The van der Waals surface area contributed by atoms with Crippen molar-refractivity contribution in [1.82, 2.24) is 10.2 Å². The third-order valence-corrected chi connectivity index (χ3v) is 8.17. The maximum absolute atomic E-state index is 13.8. The van der Waals surface area contributed by atoms with Crippen LogP contribution in [0.25, 0.3) is 0 Å². The number of nitrogens with zero attached hydrogens (tertiary/aromatic N) is 1. The summed E-state index contributed by atoms with van der Waals surface area (Å²) < 4.78 is 0. The van der Waals surface area contributed by atoms with Crippen LogP contribution in [0.15, 0.2) is 12.1 Å². The SMILES string of the molecule is CSCCC1NC2(C(=O)Nc3c(C)cc(C)cc32)C2C(=O)N(C3CCCC3)C(=O)C12. The molecule has 2 N–H and O–H groups in total. The molecule has 4 atom stereocenters. The number of carbonyl (C=O) groups is 3. The van der Waals surface area contributed by atoms with Gasteiger partial charge in [-0.1, -0.05) is 30.5 Å². The second kappa shape index (κ2) is 7.09. The molecule has 4 unspecified atom stereocenters. The predicted molar refractivity (Wildman–Crippen MR) is 117 cm³/mol. The van der Waals surface area contributed by atoms with Gasteiger partial charge in [0.1, 0.15) is 5.54 Å². The highest BCUT2D eigenvalue weighted by molar-refractivity contribution is 7.98. The number of aryl methyl sites for hydroxylation is 2. The van der Waals surface area contributed by atoms with Crippen LogP contribution < -0.4 is 10.6 Å². The fraction of sp³-hybridized carbons (Fsp3) is 0.609. The van der Waals surface area contributed by atoms with Crippen molar-refractivity contribution in [1.29, 1.82) is 0 Å². The normalized spacial score (nSPS) is 33.0. The van der Waals surface area contributed by atoms with Crippen molar-refractivity contribution in [3.63, 3.8) is 0 Å². The Balaban J connectivity index is 1.65. The highest BCUT2D eigenvalue weighted by Gasteiger charge is 2.70. The molecular weight excluding hydrogens is 398 g/mol. The molecule has 160 valence electrons. The summed E-state index contributed by atoms with van der Waals surface area (Å²) in [6.45, 7) is 3.99. The van der Waals surface area contributed by atoms with E-state index in [4.69, 9.17) is 0 Å². The molecule has 0 aromatic heterocycles. The molecular formula is C23H29N3O3S. The summed E-state index contributed by atoms with van der Waals surface area (Å²) in [5, 5.41) is 6.59. The maximum Gasteiger partial charge on any atom is 0.250 e. The lowest BCUT2D eigenvalue weighted by Gasteiger charge is -2.31. The minimum atomic E-state index is -1.15. The molecule has 0 bridgehead atoms. The van der Waals surface area contributed by atoms with E-state index in [1.165, 1.54) is 0 Å². The van der Waals surface area contributed by atoms with E-state index in [1.807, 2.05) is 32.2 Å². The number of anilines is 1. The lowest BCUT2D eigenvalue weighted by atomic mass is 9.76. The van der Waals surface area contributed by atoms with Crippen molar-refractivity contribution in [2.24, 2.45) is 11.8 Å². The van der Waals surface area contributed by atoms with Crippen LogP contribution in [0.4, 0.5) is 5.69 Å². The summed E-state index contributed by atoms with van der Waals surface area (Å²) >= 11 is 1.72. The summed E-state index contributed by atoms with van der Waals surface area (Å²) in [7, 11) is 0. The second-order valence-corrected chi connectivity index (χ2v) is 10.3. The van der Waals surface area contributed by atoms with Crippen LogP contribution in [0.3, 0.4) is 0 Å². The molecule has 3 heterocycles. The number of imide groups is 1. The van der Waals surface area contributed by atoms with Crippen molar-refractivity contribution in [3.8, 4) is 0 Å². The Bertz CT molecular complexity index is 942. The Morgan fingerprint density at radius 1 is 1.13 bits per heavy atom. The number of fused-ring (bicyclic) bond motifs is 4. The second-order valence-electron chi connectivity index (χ2n) is 9.29. The van der Waals surface area contributed by atoms with E-state index in [0.29, 0.717) is 0 Å². The molecule has 1 aliphatic carbocycles. The van der Waals surface area contributed by atoms with Gasteiger partial charge in [-0.05, 0) is 50.7 Å². The number of amides is 3. The van der Waals surface area contributed by atoms with Crippen molar-refractivity contribution in [2.45, 2.75) is 63.6 Å². The third-order valence-electron chi connectivity index (χ3n) is 7.52. The largest absolute Gasteiger partial charge is 0.324 e. The molecule has 6 nitrogen and oxygen atoms in total. The van der Waals surface area contributed by atoms with Gasteiger partial charge in [0.2, 0.25) is 17.7 Å². The first-order valence-electron chi connectivity index (χ1n) is 11.0. The lowest BCUT2D eigenvalue weighted by molar-refractivity contribution is -0.145. The summed E-state index contributed by atoms with van der Waals surface area (Å²) in [6.07, 6.45) is 6.67. The molecule has 0 radical (unpaired) electrons. The maximum atomic E-state index is 13.8. The minimum absolute atomic E-state index is 0.00275. The zero-order chi connectivity index (χ0) is 21.2. The van der Waals surface area contributed by atoms with Gasteiger partial charge in [-0.2, -0.15) is 11.8 Å². The standard InChI is InChI=1S/C23H29N3O3S/c1-12-10-13(2)19-15(11-12)23(22(29)24-19)18-17(16(25-23)8-9-30-3)20(27)26(21(18)28)14-6-4-5-7-14/h10-11,14,16-18,25H,4-9H2,1-3H3,(H,24,29). The highest BCUT2D eigenvalue weighted by atomic mass is 32.2. The van der Waals surface area contributed by atoms with Gasteiger partial charge in [-0.15, -0.1) is 0 Å². The summed E-state index contributed by atoms with van der Waals surface area (Å²) in [5.74, 6) is -0.676. The van der Waals surface area contributed by atoms with Crippen molar-refractivity contribution in [3.05, 3.63) is 28.8 Å². The smallest absolute Gasteiger partial charge is 0.250 e. The predicted octanol–water partition coefficient (Wildman–Crippen LogP) is 2.72. The summed E-state index contributed by atoms with van der Waals surface area (Å²) in [6, 6.07) is 3.87. The van der Waals surface area contributed by atoms with E-state index in [9.17, 15) is 14.4 Å². The van der Waals surface area contributed by atoms with Crippen molar-refractivity contribution >= 4 is 35.2 Å². The van der Waals surface area contributed by atoms with E-state index >= 15 is 0 Å². The van der Waals surface area contributed by atoms with E-state index in [0.717, 1.165) is 60.2 Å². The van der Waals surface area contributed by atoms with Gasteiger partial charge in [-0.3, -0.25) is 24.6 Å². The fourth-order valence-corrected chi connectivity index (χ4v) is 6.79. The van der Waals surface area contributed by atoms with Gasteiger partial charge < -0.3 is 5.32 Å². The van der Waals surface area contributed by atoms with Crippen molar-refractivity contribution in [2.75, 3.05) is 17.3 Å². The van der Waals surface area contributed by atoms with Crippen LogP contribution in [0.2, 0.25) is 0 Å². The molecule has 3 aliphatic heterocycles. The molecule has 2 saturated heterocycles. The summed E-state index contributed by atoms with van der Waals surface area (Å²) in [5.41, 5.74) is 2.52. The molecule has 3 fully saturated rings. The Morgan fingerprint density at radius 2 is 1.87 bits per heavy atom. The van der Waals surface area contributed by atoms with Crippen molar-refractivity contribution < 1.29 is 14.4 Å². The number of likely N-dealkylation sites (tertiary alicyclic amines) is 1. The number of hydrogen-bond acceptors (Lipinski definition) is 5. The monoisotopic (exact) mass is 427 g/mol. The topological polar surface area (TPSA) is 78.5 Å². The van der Waals surface area contributed by atoms with Gasteiger partial charge >= 0.3 is 0 Å². The molecule has 30 heavy (non-hydrogen) atoms. The first-order chi connectivity index (χ1) is 14.4. The first kappa shape index (κ1) is 20.1. The van der Waals surface area contributed by atoms with Crippen LogP contribution in [0.1, 0.15) is 48.8 Å². The number of benzene rings is 1. The zero-order valence-electron chi connectivity index (χ0n) is 17.8. The molecule has 1 spiro atoms. The summed E-state index contributed by atoms with van der Waals surface area (Å²) in [4.78, 5) is 42.4. The lowest BCUT2D eigenvalue weighted by Crippen LogP contribution is -2.54. The van der Waals surface area contributed by atoms with Gasteiger partial charge in [0.15, 0.2) is 0 Å². The van der Waals surface area contributed by atoms with Gasteiger partial charge in [0.05, 0.1) is 11.8 Å². The van der Waals surface area contributed by atoms with Crippen LogP contribution in [0.5, 0.6) is 0 Å². The third kappa shape index (κ3) is 2.57. The zero-order valence-corrected chi connectivity index (χ0v) is 18.6. The van der Waals surface area contributed by atoms with Gasteiger partial charge in [0, 0.05) is 23.3 Å². The van der Waals surface area contributed by atoms with Crippen LogP contribution in [-0.2, 0) is 19.9 Å². The fourth-order valence-electron chi connectivity index (χ4n) is 6.30. The van der Waals surface area contributed by atoms with E-state index in [-0.39, 0.29) is 29.8 Å². The number of rotatable bonds is 4. The number of nitrogens with one attached hydrogen (secondary N) is 2. The van der Waals surface area contributed by atoms with Crippen LogP contribution >= 0.6 is 11.8 Å². The number of carbonyl (C=O) groups excluding carboxylic acids is 3. The molecule has 3 amide bonds. The highest BCUT2D eigenvalue weighted by Crippen LogP contribution is 2.55.